The number of nitrogens with one attached hydrogen (secondary N) is 2. The molecular formula is C59H57N8O10SeY3-3. The van der Waals surface area contributed by atoms with Crippen LogP contribution < -0.4 is 22.8 Å². The summed E-state index contributed by atoms with van der Waals surface area (Å²) in [5.74, 6) is 3.44. The number of hydrazine groups is 1. The van der Waals surface area contributed by atoms with Crippen molar-refractivity contribution >= 4 is 62.5 Å². The van der Waals surface area contributed by atoms with Crippen molar-refractivity contribution in [2.45, 2.75) is 41.5 Å². The van der Waals surface area contributed by atoms with Crippen LogP contribution in [0.5, 0.6) is 0 Å². The zero-order valence-electron chi connectivity index (χ0n) is 45.2. The van der Waals surface area contributed by atoms with Crippen LogP contribution in [0.1, 0.15) is 87.9 Å². The Morgan fingerprint density at radius 2 is 0.901 bits per heavy atom. The van der Waals surface area contributed by atoms with E-state index in [1.807, 2.05) is 99.0 Å². The first-order valence-electron chi connectivity index (χ1n) is 22.8. The molecule has 81 heavy (non-hydrogen) atoms. The number of carboxylic acids is 1. The maximum atomic E-state index is 11.8. The van der Waals surface area contributed by atoms with E-state index in [4.69, 9.17) is 23.4 Å². The Labute approximate surface area is 552 Å². The number of aromatic nitrogens is 3. The Kier molecular flexibility index (Phi) is 45.1. The molecule has 7 aromatic carbocycles. The third kappa shape index (κ3) is 33.9. The first-order valence-corrected chi connectivity index (χ1v) is 24.2. The molecule has 0 bridgehead atoms. The first-order chi connectivity index (χ1) is 36.9. The smallest absolute Gasteiger partial charge is 0 e. The second kappa shape index (κ2) is 46.3. The fourth-order valence-electron chi connectivity index (χ4n) is 5.57. The summed E-state index contributed by atoms with van der Waals surface area (Å²) in [5.41, 5.74) is 14.5. The summed E-state index contributed by atoms with van der Waals surface area (Å²) in [5, 5.41) is 19.2. The molecule has 0 aliphatic heterocycles. The van der Waals surface area contributed by atoms with Crippen molar-refractivity contribution in [1.29, 1.82) is 0 Å². The van der Waals surface area contributed by atoms with E-state index in [2.05, 4.69) is 63.0 Å². The number of benzene rings is 7. The van der Waals surface area contributed by atoms with Gasteiger partial charge in [0, 0.05) is 127 Å². The standard InChI is InChI=1S/C16H12N3.C16H13N2O2.C9H8O2.C9H10O.C7H7N2O.C2H4O2.H3N.O2Se.3Y/c1-12-7-9-13(10-8-12)15-11-17-19-16(18-15)14-5-3-2-4-6-14;1-12-7-9-13(10-8-12)15(19)11-17-18-16(20)14-5-3-2-4-6-14;1-7-2-4-8(5-3-7)9(11)6-10;1-7-3-5-9(6-4-7)8(2)10;8-9-7(10)6-4-2-1-3-5-6;1-2(3)4;;1-3-2;;;/h3-11H,1H3;3-11H,1H3,(H,18,20);2-6H,1H3;3-6H,1-2H3;2-5H,8H2,(H,9,10);1H3,(H,3,4);1H3;;;;/q2*-1;;;-1;;;;;;/b;17-11+;;;;;;;;;. The largest absolute Gasteiger partial charge is 0 e. The van der Waals surface area contributed by atoms with E-state index in [0.717, 1.165) is 46.6 Å². The Morgan fingerprint density at radius 1 is 0.543 bits per heavy atom. The van der Waals surface area contributed by atoms with Gasteiger partial charge in [0.25, 0.3) is 5.97 Å². The third-order valence-electron chi connectivity index (χ3n) is 9.56. The molecule has 18 nitrogen and oxygen atoms in total. The summed E-state index contributed by atoms with van der Waals surface area (Å²) in [4.78, 5) is 79.3. The van der Waals surface area contributed by atoms with Crippen LogP contribution >= 0.6 is 0 Å². The van der Waals surface area contributed by atoms with Crippen LogP contribution in [0.2, 0.25) is 0 Å². The molecule has 2 amide bonds. The number of hydrogen-bond donors (Lipinski definition) is 5. The van der Waals surface area contributed by atoms with E-state index in [0.29, 0.717) is 34.4 Å². The van der Waals surface area contributed by atoms with Crippen LogP contribution in [0.15, 0.2) is 181 Å². The molecule has 0 spiro atoms. The zero-order chi connectivity index (χ0) is 57.0. The van der Waals surface area contributed by atoms with Gasteiger partial charge in [0.2, 0.25) is 23.4 Å². The molecule has 22 heteroatoms. The number of hydrazone groups is 1. The van der Waals surface area contributed by atoms with E-state index in [9.17, 15) is 28.8 Å². The minimum absolute atomic E-state index is 0. The van der Waals surface area contributed by atoms with Crippen LogP contribution in [-0.4, -0.2) is 82.7 Å². The van der Waals surface area contributed by atoms with E-state index in [-0.39, 0.29) is 128 Å². The van der Waals surface area contributed by atoms with Crippen molar-refractivity contribution in [1.82, 2.24) is 32.2 Å². The summed E-state index contributed by atoms with van der Waals surface area (Å²) in [6.45, 7) is 10.6. The summed E-state index contributed by atoms with van der Waals surface area (Å²) >= 11 is -1.62. The number of carbonyl (C=O) groups excluding carboxylic acids is 6. The molecule has 411 valence electrons. The van der Waals surface area contributed by atoms with E-state index in [1.54, 1.807) is 98.0 Å². The van der Waals surface area contributed by atoms with E-state index < -0.39 is 26.6 Å². The molecule has 8 N–H and O–H groups in total. The maximum absolute atomic E-state index is 11.8. The molecule has 8 rings (SSSR count). The van der Waals surface area contributed by atoms with Gasteiger partial charge in [-0.1, -0.05) is 136 Å². The molecule has 0 aliphatic rings. The first kappa shape index (κ1) is 78.9. The number of hydrogen-bond acceptors (Lipinski definition) is 15. The topological polar surface area (TPSA) is 310 Å². The maximum Gasteiger partial charge on any atom is 0 e. The van der Waals surface area contributed by atoms with Gasteiger partial charge < -0.3 is 11.3 Å². The SMILES string of the molecule is CC(=O)O.CC(=O)c1ccc(C)cc1.Cc1ccc(-c2cnnc(-c3cc[c-]cc3)n2)cc1.Cc1ccc(C(=O)/C=N/NC(=O)c2cc[c-]cc2)cc1.Cc1ccc(C(=O)C=O)cc1.N.NNC(=O)c1cc[c-]cc1.O=[Se]=O.[Y].[Y].[Y]. The van der Waals surface area contributed by atoms with Gasteiger partial charge in [-0.25, -0.2) is 16.3 Å². The van der Waals surface area contributed by atoms with Gasteiger partial charge in [0.1, 0.15) is 0 Å². The van der Waals surface area contributed by atoms with Gasteiger partial charge in [-0.15, -0.1) is 5.10 Å². The number of carbonyl (C=O) groups is 7. The minimum atomic E-state index is -1.62. The fraction of sp³-hybridized carbons (Fsp3) is 0.102. The quantitative estimate of drug-likeness (QED) is 0.00982. The van der Waals surface area contributed by atoms with Gasteiger partial charge in [0.05, 0.1) is 18.1 Å². The number of carboxylic acid groups (broad SMARTS) is 1. The Hall–Kier alpha value is -6.34. The van der Waals surface area contributed by atoms with Crippen LogP contribution in [0, 0.1) is 45.9 Å². The summed E-state index contributed by atoms with van der Waals surface area (Å²) < 4.78 is 16.9. The number of amides is 2. The predicted molar refractivity (Wildman–Crippen MR) is 296 cm³/mol. The molecule has 3 radical (unpaired) electrons. The zero-order valence-corrected chi connectivity index (χ0v) is 55.5. The van der Waals surface area contributed by atoms with Gasteiger partial charge in [-0.3, -0.25) is 39.0 Å². The number of nitrogen functional groups attached to an aromatic ring is 1. The molecule has 0 saturated heterocycles. The number of Topliss-reactive ketones (excluding diaryl/α,β-unsaturated/α-hetero) is 3. The molecule has 1 aromatic heterocycles. The summed E-state index contributed by atoms with van der Waals surface area (Å²) in [6, 6.07) is 59.0. The number of rotatable bonds is 10. The van der Waals surface area contributed by atoms with Crippen molar-refractivity contribution in [2.75, 3.05) is 0 Å². The second-order valence-corrected chi connectivity index (χ2v) is 15.9. The molecule has 0 aliphatic carbocycles. The number of aldehydes is 1. The predicted octanol–water partition coefficient (Wildman–Crippen LogP) is 9.00. The molecule has 0 unspecified atom stereocenters. The monoisotopic (exact) mass is 1380 g/mol. The van der Waals surface area contributed by atoms with Crippen LogP contribution in [0.25, 0.3) is 22.6 Å². The van der Waals surface area contributed by atoms with Gasteiger partial charge in [-0.05, 0) is 34.6 Å². The molecule has 8 aromatic rings. The van der Waals surface area contributed by atoms with Crippen LogP contribution in [0.3, 0.4) is 0 Å². The average molecular weight is 1380 g/mol. The minimum Gasteiger partial charge on any atom is 0 e. The second-order valence-electron chi connectivity index (χ2n) is 15.7. The number of nitrogens with two attached hydrogens (primary N) is 1. The fourth-order valence-corrected chi connectivity index (χ4v) is 5.57. The number of nitrogens with zero attached hydrogens (tertiary/aromatic N) is 4. The van der Waals surface area contributed by atoms with Crippen molar-refractivity contribution in [3.63, 3.8) is 0 Å². The van der Waals surface area contributed by atoms with Gasteiger partial charge in [0.15, 0.2) is 17.9 Å². The number of ketones is 3. The van der Waals surface area contributed by atoms with Crippen LogP contribution in [0.4, 0.5) is 0 Å². The number of aliphatic carboxylic acids is 1. The van der Waals surface area contributed by atoms with Crippen molar-refractivity contribution in [3.05, 3.63) is 244 Å². The molecule has 0 atom stereocenters. The van der Waals surface area contributed by atoms with Crippen molar-refractivity contribution in [3.8, 4) is 22.6 Å². The van der Waals surface area contributed by atoms with Crippen molar-refractivity contribution < 1.29 is 144 Å². The van der Waals surface area contributed by atoms with E-state index in [1.165, 1.54) is 11.1 Å². The Balaban J connectivity index is -0.000000925. The molecule has 0 saturated carbocycles. The third-order valence-corrected chi connectivity index (χ3v) is 9.56. The Bertz CT molecular complexity index is 3190. The molecular weight excluding hydrogens is 1330 g/mol. The van der Waals surface area contributed by atoms with E-state index >= 15 is 0 Å². The van der Waals surface area contributed by atoms with Crippen molar-refractivity contribution in [2.24, 2.45) is 10.9 Å². The number of aryl methyl sites for hydroxylation is 4. The van der Waals surface area contributed by atoms with Gasteiger partial charge in [-0.2, -0.15) is 101 Å². The normalized spacial score (nSPS) is 8.98. The summed E-state index contributed by atoms with van der Waals surface area (Å²) in [7, 11) is 0. The Morgan fingerprint density at radius 3 is 1.28 bits per heavy atom. The molecule has 0 fully saturated rings. The van der Waals surface area contributed by atoms with Crippen LogP contribution in [-0.2, 0) is 115 Å². The van der Waals surface area contributed by atoms with Gasteiger partial charge >= 0.3 is 22.5 Å². The molecule has 1 heterocycles. The summed E-state index contributed by atoms with van der Waals surface area (Å²) in [6.07, 6.45) is 3.10. The average Bonchev–Trinajstić information content (AvgIpc) is 3.45.